The molecule has 0 aromatic heterocycles. The summed E-state index contributed by atoms with van der Waals surface area (Å²) in [7, 11) is 0. The molecule has 0 bridgehead atoms. The van der Waals surface area contributed by atoms with Crippen molar-refractivity contribution in [1.29, 1.82) is 0 Å². The van der Waals surface area contributed by atoms with Crippen molar-refractivity contribution < 1.29 is 19.1 Å². The maximum atomic E-state index is 13.0. The summed E-state index contributed by atoms with van der Waals surface area (Å²) in [5.74, 6) is -0.222. The Morgan fingerprint density at radius 3 is 1.82 bits per heavy atom. The van der Waals surface area contributed by atoms with Crippen LogP contribution in [-0.2, 0) is 19.8 Å². The predicted molar refractivity (Wildman–Crippen MR) is 133 cm³/mol. The Labute approximate surface area is 203 Å². The number of hydrazine groups is 1. The van der Waals surface area contributed by atoms with E-state index < -0.39 is 17.2 Å². The summed E-state index contributed by atoms with van der Waals surface area (Å²) in [5.41, 5.74) is 3.96. The van der Waals surface area contributed by atoms with Gasteiger partial charge < -0.3 is 9.47 Å². The van der Waals surface area contributed by atoms with Crippen LogP contribution in [-0.4, -0.2) is 35.3 Å². The number of amides is 1. The normalized spacial score (nSPS) is 18.9. The lowest BCUT2D eigenvalue weighted by molar-refractivity contribution is -0.150. The quantitative estimate of drug-likeness (QED) is 0.412. The number of nitrogens with zero attached hydrogens (tertiary/aromatic N) is 1. The zero-order valence-electron chi connectivity index (χ0n) is 21.0. The number of benzene rings is 2. The van der Waals surface area contributed by atoms with Crippen molar-refractivity contribution in [2.75, 3.05) is 6.61 Å². The van der Waals surface area contributed by atoms with Crippen molar-refractivity contribution in [2.45, 2.75) is 77.5 Å². The molecular weight excluding hydrogens is 428 g/mol. The van der Waals surface area contributed by atoms with Crippen molar-refractivity contribution in [2.24, 2.45) is 5.92 Å². The van der Waals surface area contributed by atoms with Gasteiger partial charge in [0.15, 0.2) is 0 Å². The van der Waals surface area contributed by atoms with Gasteiger partial charge in [0.25, 0.3) is 0 Å². The average Bonchev–Trinajstić information content (AvgIpc) is 2.82. The van der Waals surface area contributed by atoms with Gasteiger partial charge in [-0.3, -0.25) is 10.2 Å². The van der Waals surface area contributed by atoms with Gasteiger partial charge in [0.1, 0.15) is 5.60 Å². The Bertz CT molecular complexity index is 892. The fourth-order valence-electron chi connectivity index (χ4n) is 4.77. The zero-order valence-corrected chi connectivity index (χ0v) is 21.0. The minimum Gasteiger partial charge on any atom is -0.466 e. The van der Waals surface area contributed by atoms with E-state index in [1.807, 2.05) is 69.1 Å². The number of hydrogen-bond donors (Lipinski definition) is 1. The van der Waals surface area contributed by atoms with Gasteiger partial charge in [-0.1, -0.05) is 60.7 Å². The summed E-state index contributed by atoms with van der Waals surface area (Å²) in [6.45, 7) is 9.93. The largest absolute Gasteiger partial charge is 0.466 e. The Morgan fingerprint density at radius 1 is 0.882 bits per heavy atom. The molecule has 0 unspecified atom stereocenters. The molecule has 0 atom stereocenters. The number of nitrogens with one attached hydrogen (secondary N) is 1. The maximum absolute atomic E-state index is 13.0. The van der Waals surface area contributed by atoms with E-state index in [9.17, 15) is 9.59 Å². The van der Waals surface area contributed by atoms with E-state index in [0.29, 0.717) is 6.61 Å². The van der Waals surface area contributed by atoms with Gasteiger partial charge in [-0.05, 0) is 71.4 Å². The SMILES string of the molecule is CCOC(=O)C1CCC(N(NC(=O)OC(C)(C)C)C(C)(c2ccccc2)c2ccccc2)CC1. The van der Waals surface area contributed by atoms with E-state index in [1.165, 1.54) is 0 Å². The van der Waals surface area contributed by atoms with Crippen LogP contribution in [0.4, 0.5) is 4.79 Å². The molecule has 0 heterocycles. The van der Waals surface area contributed by atoms with Crippen LogP contribution in [0.25, 0.3) is 0 Å². The van der Waals surface area contributed by atoms with Gasteiger partial charge in [-0.2, -0.15) is 0 Å². The molecule has 0 aliphatic heterocycles. The van der Waals surface area contributed by atoms with E-state index in [4.69, 9.17) is 9.47 Å². The summed E-state index contributed by atoms with van der Waals surface area (Å²) in [6, 6.07) is 20.4. The second-order valence-corrected chi connectivity index (χ2v) is 10.0. The highest BCUT2D eigenvalue weighted by Crippen LogP contribution is 2.40. The van der Waals surface area contributed by atoms with Crippen LogP contribution in [0, 0.1) is 5.92 Å². The van der Waals surface area contributed by atoms with Gasteiger partial charge in [-0.25, -0.2) is 9.80 Å². The first kappa shape index (κ1) is 25.8. The van der Waals surface area contributed by atoms with Crippen molar-refractivity contribution in [3.05, 3.63) is 71.8 Å². The van der Waals surface area contributed by atoms with E-state index in [1.54, 1.807) is 0 Å². The smallest absolute Gasteiger partial charge is 0.422 e. The fourth-order valence-corrected chi connectivity index (χ4v) is 4.77. The third-order valence-electron chi connectivity index (χ3n) is 6.45. The molecule has 34 heavy (non-hydrogen) atoms. The van der Waals surface area contributed by atoms with E-state index >= 15 is 0 Å². The number of esters is 1. The first-order chi connectivity index (χ1) is 16.1. The third-order valence-corrected chi connectivity index (χ3v) is 6.45. The lowest BCUT2D eigenvalue weighted by Crippen LogP contribution is -2.60. The van der Waals surface area contributed by atoms with Crippen LogP contribution in [0.3, 0.4) is 0 Å². The summed E-state index contributed by atoms with van der Waals surface area (Å²) in [6.07, 6.45) is 2.46. The second kappa shape index (κ2) is 11.0. The van der Waals surface area contributed by atoms with E-state index in [2.05, 4.69) is 36.6 Å². The summed E-state index contributed by atoms with van der Waals surface area (Å²) in [5, 5.41) is 2.05. The Kier molecular flexibility index (Phi) is 8.37. The number of carbonyl (C=O) groups is 2. The second-order valence-electron chi connectivity index (χ2n) is 10.0. The molecular formula is C28H38N2O4. The summed E-state index contributed by atoms with van der Waals surface area (Å²) >= 11 is 0. The minimum absolute atomic E-state index is 0.0172. The van der Waals surface area contributed by atoms with Crippen LogP contribution >= 0.6 is 0 Å². The molecule has 6 heteroatoms. The number of carbonyl (C=O) groups excluding carboxylic acids is 2. The lowest BCUT2D eigenvalue weighted by Gasteiger charge is -2.48. The van der Waals surface area contributed by atoms with Crippen LogP contribution in [0.2, 0.25) is 0 Å². The van der Waals surface area contributed by atoms with Crippen molar-refractivity contribution in [3.63, 3.8) is 0 Å². The molecule has 0 saturated heterocycles. The molecule has 0 radical (unpaired) electrons. The molecule has 1 aliphatic carbocycles. The molecule has 1 fully saturated rings. The van der Waals surface area contributed by atoms with Gasteiger partial charge in [0.05, 0.1) is 18.1 Å². The Morgan fingerprint density at radius 2 is 1.38 bits per heavy atom. The molecule has 1 saturated carbocycles. The number of ether oxygens (including phenoxy) is 2. The molecule has 1 amide bonds. The highest BCUT2D eigenvalue weighted by molar-refractivity contribution is 5.72. The van der Waals surface area contributed by atoms with Crippen LogP contribution in [0.5, 0.6) is 0 Å². The maximum Gasteiger partial charge on any atom is 0.422 e. The van der Waals surface area contributed by atoms with Gasteiger partial charge in [-0.15, -0.1) is 0 Å². The highest BCUT2D eigenvalue weighted by atomic mass is 16.6. The average molecular weight is 467 g/mol. The highest BCUT2D eigenvalue weighted by Gasteiger charge is 2.43. The van der Waals surface area contributed by atoms with Crippen LogP contribution < -0.4 is 5.43 Å². The number of rotatable bonds is 7. The predicted octanol–water partition coefficient (Wildman–Crippen LogP) is 5.81. The molecule has 184 valence electrons. The molecule has 3 rings (SSSR count). The third kappa shape index (κ3) is 6.17. The van der Waals surface area contributed by atoms with Crippen molar-refractivity contribution >= 4 is 12.1 Å². The van der Waals surface area contributed by atoms with Crippen molar-refractivity contribution in [3.8, 4) is 0 Å². The van der Waals surface area contributed by atoms with Gasteiger partial charge in [0, 0.05) is 6.04 Å². The molecule has 2 aromatic rings. The van der Waals surface area contributed by atoms with Crippen LogP contribution in [0.15, 0.2) is 60.7 Å². The van der Waals surface area contributed by atoms with Gasteiger partial charge in [0.2, 0.25) is 0 Å². The molecule has 0 spiro atoms. The first-order valence-electron chi connectivity index (χ1n) is 12.2. The first-order valence-corrected chi connectivity index (χ1v) is 12.2. The minimum atomic E-state index is -0.652. The molecule has 1 aliphatic rings. The van der Waals surface area contributed by atoms with E-state index in [0.717, 1.165) is 36.8 Å². The topological polar surface area (TPSA) is 67.9 Å². The van der Waals surface area contributed by atoms with E-state index in [-0.39, 0.29) is 17.9 Å². The monoisotopic (exact) mass is 466 g/mol. The molecule has 1 N–H and O–H groups in total. The molecule has 6 nitrogen and oxygen atoms in total. The lowest BCUT2D eigenvalue weighted by atomic mass is 9.79. The fraction of sp³-hybridized carbons (Fsp3) is 0.500. The Balaban J connectivity index is 1.99. The number of hydrogen-bond acceptors (Lipinski definition) is 5. The summed E-state index contributed by atoms with van der Waals surface area (Å²) < 4.78 is 10.9. The van der Waals surface area contributed by atoms with Crippen molar-refractivity contribution in [1.82, 2.24) is 10.4 Å². The molecule has 2 aromatic carbocycles. The van der Waals surface area contributed by atoms with Gasteiger partial charge >= 0.3 is 12.1 Å². The Hall–Kier alpha value is -2.86. The summed E-state index contributed by atoms with van der Waals surface area (Å²) in [4.78, 5) is 25.4. The zero-order chi connectivity index (χ0) is 24.8. The van der Waals surface area contributed by atoms with Crippen LogP contribution in [0.1, 0.15) is 71.4 Å². The standard InChI is InChI=1S/C28H38N2O4/c1-6-33-25(31)21-17-19-24(20-18-21)30(29-26(32)34-27(2,3)4)28(5,22-13-9-7-10-14-22)23-15-11-8-12-16-23/h7-16,21,24H,6,17-20H2,1-5H3,(H,29,32).